The Morgan fingerprint density at radius 2 is 0.830 bits per heavy atom. The molecular formula is C49H32N4. The molecule has 4 heteroatoms. The number of nitrogens with zero attached hydrogens (tertiary/aromatic N) is 4. The molecule has 0 radical (unpaired) electrons. The van der Waals surface area contributed by atoms with Crippen LogP contribution >= 0.6 is 0 Å². The number of hydrogen-bond donors (Lipinski definition) is 0. The molecule has 0 aliphatic heterocycles. The summed E-state index contributed by atoms with van der Waals surface area (Å²) in [5.41, 5.74) is 13.7. The van der Waals surface area contributed by atoms with E-state index in [0.717, 1.165) is 33.8 Å². The molecule has 7 aromatic carbocycles. The summed E-state index contributed by atoms with van der Waals surface area (Å²) in [5, 5.41) is 4.90. The molecule has 4 nitrogen and oxygen atoms in total. The number of pyridine rings is 1. The Kier molecular flexibility index (Phi) is 6.52. The van der Waals surface area contributed by atoms with Crippen LogP contribution in [-0.2, 0) is 0 Å². The third-order valence-corrected chi connectivity index (χ3v) is 10.7. The van der Waals surface area contributed by atoms with Crippen LogP contribution < -0.4 is 0 Å². The third kappa shape index (κ3) is 4.59. The van der Waals surface area contributed by atoms with Gasteiger partial charge in [-0.25, -0.2) is 4.98 Å². The highest BCUT2D eigenvalue weighted by molar-refractivity contribution is 6.12. The number of imidazole rings is 1. The Hall–Kier alpha value is -7.17. The average Bonchev–Trinajstić information content (AvgIpc) is 3.89. The predicted octanol–water partition coefficient (Wildman–Crippen LogP) is 12.5. The van der Waals surface area contributed by atoms with E-state index in [1.54, 1.807) is 0 Å². The highest BCUT2D eigenvalue weighted by Gasteiger charge is 2.20. The van der Waals surface area contributed by atoms with E-state index in [4.69, 9.17) is 4.98 Å². The van der Waals surface area contributed by atoms with Crippen LogP contribution in [0.3, 0.4) is 0 Å². The maximum Gasteiger partial charge on any atom is 0.220 e. The molecule has 11 rings (SSSR count). The molecule has 0 N–H and O–H groups in total. The molecule has 4 aromatic heterocycles. The van der Waals surface area contributed by atoms with Crippen molar-refractivity contribution in [3.63, 3.8) is 0 Å². The van der Waals surface area contributed by atoms with Crippen molar-refractivity contribution in [3.05, 3.63) is 194 Å². The standard InChI is InChI=1S/C49H32N4/c1-3-14-33(15-4-1)34-16-13-17-37(30-34)48-47-24-11-12-29-51(47)49(50-48)53-44-23-10-8-21-40(44)42-32-36(26-28-46(42)53)35-25-27-45-41(31-35)39-20-7-9-22-43(39)52(45)38-18-5-2-6-19-38/h1-32H. The van der Waals surface area contributed by atoms with E-state index in [-0.39, 0.29) is 0 Å². The second-order valence-corrected chi connectivity index (χ2v) is 13.7. The number of aromatic nitrogens is 4. The van der Waals surface area contributed by atoms with Gasteiger partial charge in [0.15, 0.2) is 0 Å². The summed E-state index contributed by atoms with van der Waals surface area (Å²) in [5.74, 6) is 0.870. The van der Waals surface area contributed by atoms with E-state index in [2.05, 4.69) is 208 Å². The van der Waals surface area contributed by atoms with Crippen molar-refractivity contribution in [2.24, 2.45) is 0 Å². The molecule has 0 spiro atoms. The van der Waals surface area contributed by atoms with E-state index in [1.807, 2.05) is 0 Å². The first-order valence-electron chi connectivity index (χ1n) is 18.1. The lowest BCUT2D eigenvalue weighted by Gasteiger charge is -2.09. The zero-order chi connectivity index (χ0) is 34.9. The normalized spacial score (nSPS) is 11.8. The van der Waals surface area contributed by atoms with Gasteiger partial charge in [0.05, 0.1) is 33.3 Å². The van der Waals surface area contributed by atoms with Gasteiger partial charge < -0.3 is 4.57 Å². The highest BCUT2D eigenvalue weighted by Crippen LogP contribution is 2.39. The Balaban J connectivity index is 1.09. The first-order chi connectivity index (χ1) is 26.3. The van der Waals surface area contributed by atoms with E-state index < -0.39 is 0 Å². The summed E-state index contributed by atoms with van der Waals surface area (Å²) in [6.07, 6.45) is 2.12. The Morgan fingerprint density at radius 1 is 0.321 bits per heavy atom. The Bertz CT molecular complexity index is 3160. The van der Waals surface area contributed by atoms with Crippen LogP contribution in [0.5, 0.6) is 0 Å². The van der Waals surface area contributed by atoms with E-state index in [0.29, 0.717) is 0 Å². The fraction of sp³-hybridized carbons (Fsp3) is 0. The van der Waals surface area contributed by atoms with Crippen LogP contribution in [0, 0.1) is 0 Å². The molecule has 0 amide bonds. The minimum Gasteiger partial charge on any atom is -0.309 e. The first-order valence-corrected chi connectivity index (χ1v) is 18.1. The molecule has 0 saturated carbocycles. The molecule has 0 fully saturated rings. The van der Waals surface area contributed by atoms with Gasteiger partial charge in [0, 0.05) is 39.0 Å². The summed E-state index contributed by atoms with van der Waals surface area (Å²) in [4.78, 5) is 5.43. The molecule has 0 bridgehead atoms. The van der Waals surface area contributed by atoms with Gasteiger partial charge in [0.1, 0.15) is 0 Å². The second kappa shape index (κ2) is 11.7. The summed E-state index contributed by atoms with van der Waals surface area (Å²) in [6, 6.07) is 67.4. The maximum atomic E-state index is 5.43. The van der Waals surface area contributed by atoms with Crippen LogP contribution in [0.15, 0.2) is 194 Å². The maximum absolute atomic E-state index is 5.43. The van der Waals surface area contributed by atoms with Crippen LogP contribution in [0.1, 0.15) is 0 Å². The smallest absolute Gasteiger partial charge is 0.220 e. The molecule has 4 heterocycles. The zero-order valence-corrected chi connectivity index (χ0v) is 28.8. The third-order valence-electron chi connectivity index (χ3n) is 10.7. The molecule has 11 aromatic rings. The van der Waals surface area contributed by atoms with Gasteiger partial charge in [-0.3, -0.25) is 8.97 Å². The summed E-state index contributed by atoms with van der Waals surface area (Å²) >= 11 is 0. The quantitative estimate of drug-likeness (QED) is 0.178. The second-order valence-electron chi connectivity index (χ2n) is 13.7. The molecule has 0 saturated heterocycles. The summed E-state index contributed by atoms with van der Waals surface area (Å²) in [7, 11) is 0. The van der Waals surface area contributed by atoms with Crippen molar-refractivity contribution in [2.45, 2.75) is 0 Å². The molecule has 248 valence electrons. The molecule has 0 aliphatic rings. The van der Waals surface area contributed by atoms with Crippen molar-refractivity contribution in [1.82, 2.24) is 18.5 Å². The predicted molar refractivity (Wildman–Crippen MR) is 220 cm³/mol. The van der Waals surface area contributed by atoms with E-state index in [9.17, 15) is 0 Å². The molecule has 0 unspecified atom stereocenters. The minimum absolute atomic E-state index is 0.870. The van der Waals surface area contributed by atoms with Crippen LogP contribution in [-0.4, -0.2) is 18.5 Å². The number of para-hydroxylation sites is 3. The first kappa shape index (κ1) is 29.5. The van der Waals surface area contributed by atoms with Crippen LogP contribution in [0.25, 0.3) is 94.3 Å². The van der Waals surface area contributed by atoms with Crippen molar-refractivity contribution < 1.29 is 0 Å². The van der Waals surface area contributed by atoms with Crippen molar-refractivity contribution >= 4 is 49.1 Å². The number of fused-ring (bicyclic) bond motifs is 7. The molecular weight excluding hydrogens is 645 g/mol. The lowest BCUT2D eigenvalue weighted by Crippen LogP contribution is -2.00. The van der Waals surface area contributed by atoms with Gasteiger partial charge in [-0.05, 0) is 89.0 Å². The monoisotopic (exact) mass is 676 g/mol. The molecule has 53 heavy (non-hydrogen) atoms. The number of hydrogen-bond acceptors (Lipinski definition) is 1. The van der Waals surface area contributed by atoms with E-state index >= 15 is 0 Å². The SMILES string of the molecule is c1ccc(-c2cccc(-c3nc(-n4c5ccccc5c5cc(-c6ccc7c(c6)c6ccccc6n7-c6ccccc6)ccc54)n4ccccc34)c2)cc1. The van der Waals surface area contributed by atoms with Crippen LogP contribution in [0.4, 0.5) is 0 Å². The largest absolute Gasteiger partial charge is 0.309 e. The van der Waals surface area contributed by atoms with Gasteiger partial charge in [-0.2, -0.15) is 0 Å². The fourth-order valence-corrected chi connectivity index (χ4v) is 8.24. The van der Waals surface area contributed by atoms with Crippen molar-refractivity contribution in [2.75, 3.05) is 0 Å². The fourth-order valence-electron chi connectivity index (χ4n) is 8.24. The lowest BCUT2D eigenvalue weighted by molar-refractivity contribution is 0.983. The van der Waals surface area contributed by atoms with Gasteiger partial charge in [-0.1, -0.05) is 121 Å². The topological polar surface area (TPSA) is 27.2 Å². The Labute approximate surface area is 306 Å². The number of rotatable bonds is 5. The summed E-state index contributed by atoms with van der Waals surface area (Å²) in [6.45, 7) is 0. The molecule has 0 atom stereocenters. The van der Waals surface area contributed by atoms with E-state index in [1.165, 1.54) is 60.5 Å². The minimum atomic E-state index is 0.870. The zero-order valence-electron chi connectivity index (χ0n) is 28.8. The molecule has 0 aliphatic carbocycles. The average molecular weight is 677 g/mol. The van der Waals surface area contributed by atoms with Gasteiger partial charge >= 0.3 is 0 Å². The Morgan fingerprint density at radius 3 is 1.55 bits per heavy atom. The van der Waals surface area contributed by atoms with Gasteiger partial charge in [-0.15, -0.1) is 0 Å². The highest BCUT2D eigenvalue weighted by atomic mass is 15.2. The van der Waals surface area contributed by atoms with Crippen LogP contribution in [0.2, 0.25) is 0 Å². The number of benzene rings is 7. The van der Waals surface area contributed by atoms with Gasteiger partial charge in [0.25, 0.3) is 0 Å². The van der Waals surface area contributed by atoms with Gasteiger partial charge in [0.2, 0.25) is 5.95 Å². The lowest BCUT2D eigenvalue weighted by atomic mass is 10.0. The van der Waals surface area contributed by atoms with Crippen molar-refractivity contribution in [1.29, 1.82) is 0 Å². The summed E-state index contributed by atoms with van der Waals surface area (Å²) < 4.78 is 6.91. The van der Waals surface area contributed by atoms with Crippen molar-refractivity contribution in [3.8, 4) is 45.1 Å².